The lowest BCUT2D eigenvalue weighted by Gasteiger charge is -2.25. The molecule has 70 valence electrons. The number of fused-ring (bicyclic) bond motifs is 1. The van der Waals surface area contributed by atoms with Crippen molar-refractivity contribution >= 4 is 0 Å². The Bertz CT molecular complexity index is 314. The van der Waals surface area contributed by atoms with E-state index in [0.29, 0.717) is 5.75 Å². The lowest BCUT2D eigenvalue weighted by molar-refractivity contribution is -0.0954. The number of halogens is 1. The van der Waals surface area contributed by atoms with Crippen LogP contribution in [0.5, 0.6) is 11.5 Å². The van der Waals surface area contributed by atoms with Crippen molar-refractivity contribution < 1.29 is 18.6 Å². The summed E-state index contributed by atoms with van der Waals surface area (Å²) in [4.78, 5) is 0. The molecule has 1 aromatic rings. The highest BCUT2D eigenvalue weighted by Crippen LogP contribution is 2.33. The van der Waals surface area contributed by atoms with Crippen LogP contribution in [0, 0.1) is 5.82 Å². The second-order valence-electron chi connectivity index (χ2n) is 2.66. The van der Waals surface area contributed by atoms with Crippen molar-refractivity contribution in [1.82, 2.24) is 0 Å². The van der Waals surface area contributed by atoms with Crippen molar-refractivity contribution in [3.8, 4) is 11.5 Å². The lowest BCUT2D eigenvalue weighted by atomic mass is 10.3. The number of hydrogen-bond donors (Lipinski definition) is 0. The summed E-state index contributed by atoms with van der Waals surface area (Å²) in [5.41, 5.74) is 0. The Hall–Kier alpha value is -1.29. The summed E-state index contributed by atoms with van der Waals surface area (Å²) in [7, 11) is 1.51. The predicted molar refractivity (Wildman–Crippen MR) is 43.3 cm³/mol. The molecule has 0 spiro atoms. The summed E-state index contributed by atoms with van der Waals surface area (Å²) in [6, 6.07) is 4.54. The Morgan fingerprint density at radius 1 is 1.54 bits per heavy atom. The van der Waals surface area contributed by atoms with E-state index in [1.807, 2.05) is 0 Å². The van der Waals surface area contributed by atoms with Gasteiger partial charge in [-0.05, 0) is 12.1 Å². The summed E-state index contributed by atoms with van der Waals surface area (Å²) >= 11 is 0. The van der Waals surface area contributed by atoms with Gasteiger partial charge in [-0.1, -0.05) is 6.07 Å². The molecule has 0 radical (unpaired) electrons. The Labute approximate surface area is 75.0 Å². The van der Waals surface area contributed by atoms with Crippen LogP contribution in [0.3, 0.4) is 0 Å². The van der Waals surface area contributed by atoms with E-state index in [9.17, 15) is 4.39 Å². The first-order valence-electron chi connectivity index (χ1n) is 3.92. The van der Waals surface area contributed by atoms with Gasteiger partial charge in [0, 0.05) is 7.11 Å². The van der Waals surface area contributed by atoms with E-state index in [1.165, 1.54) is 13.2 Å². The fourth-order valence-electron chi connectivity index (χ4n) is 1.17. The fraction of sp³-hybridized carbons (Fsp3) is 0.333. The summed E-state index contributed by atoms with van der Waals surface area (Å²) in [6.07, 6.45) is -0.450. The molecule has 1 aliphatic heterocycles. The van der Waals surface area contributed by atoms with Crippen LogP contribution in [0.1, 0.15) is 0 Å². The van der Waals surface area contributed by atoms with E-state index < -0.39 is 12.1 Å². The molecular formula is C9H9FO3. The molecule has 2 rings (SSSR count). The highest BCUT2D eigenvalue weighted by atomic mass is 19.1. The van der Waals surface area contributed by atoms with Crippen LogP contribution in [0.25, 0.3) is 0 Å². The molecule has 0 saturated carbocycles. The second-order valence-corrected chi connectivity index (χ2v) is 2.66. The Kier molecular flexibility index (Phi) is 2.06. The molecule has 0 bridgehead atoms. The van der Waals surface area contributed by atoms with Crippen molar-refractivity contribution in [2.24, 2.45) is 0 Å². The first kappa shape index (κ1) is 8.31. The third kappa shape index (κ3) is 1.45. The molecule has 1 atom stereocenters. The van der Waals surface area contributed by atoms with Crippen LogP contribution in [0.4, 0.5) is 4.39 Å². The van der Waals surface area contributed by atoms with Gasteiger partial charge >= 0.3 is 0 Å². The molecule has 0 fully saturated rings. The zero-order valence-corrected chi connectivity index (χ0v) is 7.12. The van der Waals surface area contributed by atoms with E-state index in [2.05, 4.69) is 0 Å². The van der Waals surface area contributed by atoms with E-state index in [-0.39, 0.29) is 12.4 Å². The number of methoxy groups -OCH3 is 1. The largest absolute Gasteiger partial charge is 0.480 e. The molecule has 1 unspecified atom stereocenters. The van der Waals surface area contributed by atoms with E-state index in [0.717, 1.165) is 0 Å². The van der Waals surface area contributed by atoms with Crippen molar-refractivity contribution in [2.75, 3.05) is 13.7 Å². The first-order chi connectivity index (χ1) is 6.31. The van der Waals surface area contributed by atoms with Crippen LogP contribution in [0.2, 0.25) is 0 Å². The first-order valence-corrected chi connectivity index (χ1v) is 3.92. The minimum atomic E-state index is -0.450. The van der Waals surface area contributed by atoms with Gasteiger partial charge in [0.15, 0.2) is 23.9 Å². The summed E-state index contributed by atoms with van der Waals surface area (Å²) < 4.78 is 28.4. The Morgan fingerprint density at radius 3 is 3.15 bits per heavy atom. The average molecular weight is 184 g/mol. The lowest BCUT2D eigenvalue weighted by Crippen LogP contribution is -2.30. The van der Waals surface area contributed by atoms with Gasteiger partial charge in [-0.3, -0.25) is 0 Å². The topological polar surface area (TPSA) is 27.7 Å². The van der Waals surface area contributed by atoms with E-state index >= 15 is 0 Å². The maximum Gasteiger partial charge on any atom is 0.234 e. The molecule has 0 amide bonds. The molecule has 0 saturated heterocycles. The van der Waals surface area contributed by atoms with Crippen molar-refractivity contribution in [1.29, 1.82) is 0 Å². The van der Waals surface area contributed by atoms with Gasteiger partial charge in [-0.2, -0.15) is 0 Å². The number of rotatable bonds is 1. The molecule has 1 heterocycles. The normalized spacial score (nSPS) is 20.0. The molecule has 0 aromatic heterocycles. The maximum atomic E-state index is 13.1. The van der Waals surface area contributed by atoms with Crippen LogP contribution in [-0.2, 0) is 4.74 Å². The second kappa shape index (κ2) is 3.22. The zero-order chi connectivity index (χ0) is 9.26. The van der Waals surface area contributed by atoms with Gasteiger partial charge in [-0.15, -0.1) is 0 Å². The smallest absolute Gasteiger partial charge is 0.234 e. The molecule has 13 heavy (non-hydrogen) atoms. The number of benzene rings is 1. The van der Waals surface area contributed by atoms with Gasteiger partial charge in [0.25, 0.3) is 0 Å². The summed E-state index contributed by atoms with van der Waals surface area (Å²) in [5.74, 6) is 0.140. The number of para-hydroxylation sites is 1. The standard InChI is InChI=1S/C9H9FO3/c1-11-8-5-12-9-6(10)3-2-4-7(9)13-8/h2-4,8H,5H2,1H3. The molecule has 1 aliphatic rings. The maximum absolute atomic E-state index is 13.1. The molecule has 4 heteroatoms. The van der Waals surface area contributed by atoms with Crippen molar-refractivity contribution in [3.63, 3.8) is 0 Å². The number of ether oxygens (including phenoxy) is 3. The summed E-state index contributed by atoms with van der Waals surface area (Å²) in [6.45, 7) is 0.213. The molecule has 0 N–H and O–H groups in total. The third-order valence-corrected chi connectivity index (χ3v) is 1.82. The monoisotopic (exact) mass is 184 g/mol. The third-order valence-electron chi connectivity index (χ3n) is 1.82. The van der Waals surface area contributed by atoms with E-state index in [4.69, 9.17) is 14.2 Å². The van der Waals surface area contributed by atoms with Gasteiger partial charge in [0.1, 0.15) is 0 Å². The van der Waals surface area contributed by atoms with Gasteiger partial charge in [0.2, 0.25) is 6.29 Å². The van der Waals surface area contributed by atoms with Crippen molar-refractivity contribution in [3.05, 3.63) is 24.0 Å². The fourth-order valence-corrected chi connectivity index (χ4v) is 1.17. The summed E-state index contributed by atoms with van der Waals surface area (Å²) in [5, 5.41) is 0. The highest BCUT2D eigenvalue weighted by Gasteiger charge is 2.22. The highest BCUT2D eigenvalue weighted by molar-refractivity contribution is 5.41. The Balaban J connectivity index is 2.31. The van der Waals surface area contributed by atoms with Gasteiger partial charge < -0.3 is 14.2 Å². The molecular weight excluding hydrogens is 175 g/mol. The molecule has 0 aliphatic carbocycles. The number of hydrogen-bond acceptors (Lipinski definition) is 3. The van der Waals surface area contributed by atoms with Gasteiger partial charge in [0.05, 0.1) is 0 Å². The average Bonchev–Trinajstić information content (AvgIpc) is 2.18. The van der Waals surface area contributed by atoms with Crippen LogP contribution in [-0.4, -0.2) is 20.0 Å². The predicted octanol–water partition coefficient (Wildman–Crippen LogP) is 1.57. The van der Waals surface area contributed by atoms with E-state index in [1.54, 1.807) is 12.1 Å². The van der Waals surface area contributed by atoms with Crippen molar-refractivity contribution in [2.45, 2.75) is 6.29 Å². The van der Waals surface area contributed by atoms with Crippen LogP contribution in [0.15, 0.2) is 18.2 Å². The van der Waals surface area contributed by atoms with Gasteiger partial charge in [-0.25, -0.2) is 4.39 Å². The Morgan fingerprint density at radius 2 is 2.38 bits per heavy atom. The zero-order valence-electron chi connectivity index (χ0n) is 7.12. The quantitative estimate of drug-likeness (QED) is 0.663. The SMILES string of the molecule is COC1COc2c(F)cccc2O1. The molecule has 3 nitrogen and oxygen atoms in total. The van der Waals surface area contributed by atoms with Crippen LogP contribution >= 0.6 is 0 Å². The molecule has 1 aromatic carbocycles. The van der Waals surface area contributed by atoms with Crippen LogP contribution < -0.4 is 9.47 Å². The minimum Gasteiger partial charge on any atom is -0.480 e. The minimum absolute atomic E-state index is 0.163.